The first-order valence-corrected chi connectivity index (χ1v) is 7.21. The van der Waals surface area contributed by atoms with Crippen molar-refractivity contribution >= 4 is 34.8 Å². The minimum Gasteiger partial charge on any atom is -0.481 e. The lowest BCUT2D eigenvalue weighted by Crippen LogP contribution is -2.49. The molecule has 1 saturated heterocycles. The Labute approximate surface area is 120 Å². The number of nitrogens with one attached hydrogen (secondary N) is 1. The van der Waals surface area contributed by atoms with Crippen molar-refractivity contribution in [2.24, 2.45) is 0 Å². The minimum absolute atomic E-state index is 0.00301. The number of carbonyl (C=O) groups is 2. The fourth-order valence-electron chi connectivity index (χ4n) is 1.93. The van der Waals surface area contributed by atoms with E-state index in [0.29, 0.717) is 29.5 Å². The van der Waals surface area contributed by atoms with Gasteiger partial charge in [-0.2, -0.15) is 0 Å². The largest absolute Gasteiger partial charge is 0.481 e. The highest BCUT2D eigenvalue weighted by Crippen LogP contribution is 2.29. The lowest BCUT2D eigenvalue weighted by Gasteiger charge is -2.30. The van der Waals surface area contributed by atoms with Gasteiger partial charge in [0.2, 0.25) is 5.91 Å². The lowest BCUT2D eigenvalue weighted by molar-refractivity contribution is -0.134. The van der Waals surface area contributed by atoms with Gasteiger partial charge in [0.05, 0.1) is 0 Å². The molecule has 1 N–H and O–H groups in total. The number of likely N-dealkylation sites (tertiary alicyclic amines) is 1. The van der Waals surface area contributed by atoms with Crippen LogP contribution in [-0.4, -0.2) is 43.0 Å². The van der Waals surface area contributed by atoms with Crippen LogP contribution in [-0.2, 0) is 9.59 Å². The molecule has 1 aromatic rings. The van der Waals surface area contributed by atoms with Gasteiger partial charge < -0.3 is 15.0 Å². The number of carbonyl (C=O) groups excluding carboxylic acids is 2. The van der Waals surface area contributed by atoms with E-state index >= 15 is 0 Å². The quantitative estimate of drug-likeness (QED) is 0.917. The molecular weight excluding hydrogens is 288 g/mol. The van der Waals surface area contributed by atoms with Crippen molar-refractivity contribution in [1.82, 2.24) is 10.2 Å². The van der Waals surface area contributed by atoms with E-state index in [-0.39, 0.29) is 24.5 Å². The van der Waals surface area contributed by atoms with Crippen molar-refractivity contribution in [1.29, 1.82) is 0 Å². The predicted octanol–water partition coefficient (Wildman–Crippen LogP) is 1.52. The van der Waals surface area contributed by atoms with Gasteiger partial charge in [0.25, 0.3) is 5.91 Å². The van der Waals surface area contributed by atoms with Crippen LogP contribution >= 0.6 is 22.9 Å². The molecule has 7 heteroatoms. The van der Waals surface area contributed by atoms with Crippen LogP contribution in [0.25, 0.3) is 0 Å². The summed E-state index contributed by atoms with van der Waals surface area (Å²) in [6.07, 6.45) is 1.15. The predicted molar refractivity (Wildman–Crippen MR) is 73.6 cm³/mol. The summed E-state index contributed by atoms with van der Waals surface area (Å²) < 4.78 is 5.85. The Morgan fingerprint density at radius 2 is 2.47 bits per heavy atom. The lowest BCUT2D eigenvalue weighted by atomic mass is 10.1. The summed E-state index contributed by atoms with van der Waals surface area (Å²) in [5.41, 5.74) is 0. The van der Waals surface area contributed by atoms with E-state index in [4.69, 9.17) is 16.3 Å². The summed E-state index contributed by atoms with van der Waals surface area (Å²) in [6, 6.07) is 1.73. The summed E-state index contributed by atoms with van der Waals surface area (Å²) in [6.45, 7) is 0.481. The summed E-state index contributed by atoms with van der Waals surface area (Å²) >= 11 is 7.22. The van der Waals surface area contributed by atoms with Gasteiger partial charge in [0.15, 0.2) is 6.61 Å². The molecule has 1 aromatic heterocycles. The van der Waals surface area contributed by atoms with E-state index in [1.165, 1.54) is 11.3 Å². The number of piperidine rings is 1. The standard InChI is InChI=1S/C12H15ClN2O3S/c1-15-6-8(2-3-11(15)17)14-10(16)7-18-9-4-5-19-12(9)13/h4-5,8H,2-3,6-7H2,1H3,(H,14,16). The molecule has 2 amide bonds. The molecule has 1 fully saturated rings. The SMILES string of the molecule is CN1CC(NC(=O)COc2ccsc2Cl)CCC1=O. The molecule has 0 saturated carbocycles. The van der Waals surface area contributed by atoms with Gasteiger partial charge >= 0.3 is 0 Å². The number of likely N-dealkylation sites (N-methyl/N-ethyl adjacent to an activating group) is 1. The molecule has 1 aliphatic heterocycles. The van der Waals surface area contributed by atoms with Crippen molar-refractivity contribution in [2.75, 3.05) is 20.2 Å². The number of hydrogen-bond donors (Lipinski definition) is 1. The molecular formula is C12H15ClN2O3S. The fraction of sp³-hybridized carbons (Fsp3) is 0.500. The monoisotopic (exact) mass is 302 g/mol. The fourth-order valence-corrected chi connectivity index (χ4v) is 2.75. The number of ether oxygens (including phenoxy) is 1. The van der Waals surface area contributed by atoms with E-state index in [9.17, 15) is 9.59 Å². The first kappa shape index (κ1) is 14.1. The van der Waals surface area contributed by atoms with Gasteiger partial charge in [-0.1, -0.05) is 11.6 Å². The van der Waals surface area contributed by atoms with Gasteiger partial charge in [-0.3, -0.25) is 9.59 Å². The Balaban J connectivity index is 1.76. The molecule has 2 heterocycles. The third-order valence-electron chi connectivity index (χ3n) is 2.94. The van der Waals surface area contributed by atoms with Crippen molar-refractivity contribution in [3.8, 4) is 5.75 Å². The molecule has 104 valence electrons. The zero-order valence-electron chi connectivity index (χ0n) is 10.5. The van der Waals surface area contributed by atoms with Crippen LogP contribution in [0.5, 0.6) is 5.75 Å². The Hall–Kier alpha value is -1.27. The molecule has 0 bridgehead atoms. The van der Waals surface area contributed by atoms with Crippen molar-refractivity contribution in [2.45, 2.75) is 18.9 Å². The van der Waals surface area contributed by atoms with Crippen molar-refractivity contribution in [3.63, 3.8) is 0 Å². The van der Waals surface area contributed by atoms with E-state index < -0.39 is 0 Å². The summed E-state index contributed by atoms with van der Waals surface area (Å²) in [5.74, 6) is 0.444. The van der Waals surface area contributed by atoms with E-state index in [1.54, 1.807) is 23.4 Å². The van der Waals surface area contributed by atoms with Gasteiger partial charge in [0.1, 0.15) is 10.1 Å². The molecule has 1 aliphatic rings. The molecule has 0 spiro atoms. The third kappa shape index (κ3) is 3.84. The van der Waals surface area contributed by atoms with Crippen LogP contribution in [0.1, 0.15) is 12.8 Å². The average Bonchev–Trinajstić information content (AvgIpc) is 2.77. The van der Waals surface area contributed by atoms with Crippen LogP contribution in [0.3, 0.4) is 0 Å². The zero-order chi connectivity index (χ0) is 13.8. The molecule has 19 heavy (non-hydrogen) atoms. The smallest absolute Gasteiger partial charge is 0.258 e. The first-order valence-electron chi connectivity index (χ1n) is 5.95. The zero-order valence-corrected chi connectivity index (χ0v) is 12.1. The number of hydrogen-bond acceptors (Lipinski definition) is 4. The highest BCUT2D eigenvalue weighted by Gasteiger charge is 2.24. The Bertz CT molecular complexity index is 477. The van der Waals surface area contributed by atoms with E-state index in [0.717, 1.165) is 0 Å². The number of rotatable bonds is 4. The molecule has 5 nitrogen and oxygen atoms in total. The second-order valence-electron chi connectivity index (χ2n) is 4.42. The summed E-state index contributed by atoms with van der Waals surface area (Å²) in [5, 5.41) is 4.66. The Morgan fingerprint density at radius 3 is 3.11 bits per heavy atom. The first-order chi connectivity index (χ1) is 9.06. The summed E-state index contributed by atoms with van der Waals surface area (Å²) in [7, 11) is 1.74. The minimum atomic E-state index is -0.199. The second-order valence-corrected chi connectivity index (χ2v) is 5.94. The van der Waals surface area contributed by atoms with Crippen LogP contribution in [0.4, 0.5) is 0 Å². The van der Waals surface area contributed by atoms with Crippen LogP contribution in [0, 0.1) is 0 Å². The van der Waals surface area contributed by atoms with Gasteiger partial charge in [-0.15, -0.1) is 11.3 Å². The molecule has 2 rings (SSSR count). The maximum absolute atomic E-state index is 11.7. The van der Waals surface area contributed by atoms with Crippen LogP contribution in [0.15, 0.2) is 11.4 Å². The van der Waals surface area contributed by atoms with E-state index in [1.807, 2.05) is 0 Å². The molecule has 0 radical (unpaired) electrons. The number of nitrogens with zero attached hydrogens (tertiary/aromatic N) is 1. The van der Waals surface area contributed by atoms with Gasteiger partial charge in [0, 0.05) is 26.1 Å². The highest BCUT2D eigenvalue weighted by molar-refractivity contribution is 7.14. The maximum Gasteiger partial charge on any atom is 0.258 e. The van der Waals surface area contributed by atoms with Gasteiger partial charge in [-0.05, 0) is 17.9 Å². The normalized spacial score (nSPS) is 19.4. The molecule has 1 unspecified atom stereocenters. The Morgan fingerprint density at radius 1 is 1.68 bits per heavy atom. The van der Waals surface area contributed by atoms with Crippen LogP contribution < -0.4 is 10.1 Å². The number of halogens is 1. The molecule has 1 atom stereocenters. The number of amides is 2. The second kappa shape index (κ2) is 6.25. The number of thiophene rings is 1. The topological polar surface area (TPSA) is 58.6 Å². The molecule has 0 aliphatic carbocycles. The highest BCUT2D eigenvalue weighted by atomic mass is 35.5. The average molecular weight is 303 g/mol. The van der Waals surface area contributed by atoms with Crippen molar-refractivity contribution in [3.05, 3.63) is 15.8 Å². The Kier molecular flexibility index (Phi) is 4.66. The van der Waals surface area contributed by atoms with Crippen molar-refractivity contribution < 1.29 is 14.3 Å². The molecule has 0 aromatic carbocycles. The van der Waals surface area contributed by atoms with Crippen LogP contribution in [0.2, 0.25) is 4.34 Å². The van der Waals surface area contributed by atoms with Gasteiger partial charge in [-0.25, -0.2) is 0 Å². The maximum atomic E-state index is 11.7. The third-order valence-corrected chi connectivity index (χ3v) is 4.07. The van der Waals surface area contributed by atoms with E-state index in [2.05, 4.69) is 5.32 Å². The summed E-state index contributed by atoms with van der Waals surface area (Å²) in [4.78, 5) is 24.7.